The summed E-state index contributed by atoms with van der Waals surface area (Å²) in [7, 11) is 0. The van der Waals surface area contributed by atoms with Gasteiger partial charge in [-0.3, -0.25) is 9.78 Å². The third-order valence-corrected chi connectivity index (χ3v) is 4.43. The van der Waals surface area contributed by atoms with Crippen LogP contribution in [-0.4, -0.2) is 30.5 Å². The van der Waals surface area contributed by atoms with E-state index in [-0.39, 0.29) is 11.8 Å². The number of fused-ring (bicyclic) bond motifs is 1. The molecular formula is C18H23N3O. The van der Waals surface area contributed by atoms with Crippen LogP contribution in [0.25, 0.3) is 10.9 Å². The molecular weight excluding hydrogens is 274 g/mol. The second kappa shape index (κ2) is 6.34. The van der Waals surface area contributed by atoms with Crippen molar-refractivity contribution in [2.24, 2.45) is 5.92 Å². The van der Waals surface area contributed by atoms with Gasteiger partial charge in [-0.15, -0.1) is 0 Å². The summed E-state index contributed by atoms with van der Waals surface area (Å²) in [6.45, 7) is 6.65. The topological polar surface area (TPSA) is 45.2 Å². The van der Waals surface area contributed by atoms with E-state index in [0.29, 0.717) is 6.54 Å². The van der Waals surface area contributed by atoms with E-state index in [4.69, 9.17) is 0 Å². The average molecular weight is 297 g/mol. The molecule has 0 spiro atoms. The highest BCUT2D eigenvalue weighted by molar-refractivity contribution is 5.92. The molecule has 0 atom stereocenters. The predicted molar refractivity (Wildman–Crippen MR) is 90.1 cm³/mol. The Hall–Kier alpha value is -2.10. The maximum atomic E-state index is 12.0. The Morgan fingerprint density at radius 3 is 2.82 bits per heavy atom. The first-order valence-corrected chi connectivity index (χ1v) is 8.07. The summed E-state index contributed by atoms with van der Waals surface area (Å²) in [4.78, 5) is 18.8. The van der Waals surface area contributed by atoms with Crippen LogP contribution in [0.3, 0.4) is 0 Å². The number of pyridine rings is 1. The molecule has 1 aromatic heterocycles. The summed E-state index contributed by atoms with van der Waals surface area (Å²) in [6.07, 6.45) is 3.71. The number of hydrogen-bond acceptors (Lipinski definition) is 3. The Morgan fingerprint density at radius 2 is 2.09 bits per heavy atom. The smallest absolute Gasteiger partial charge is 0.223 e. The van der Waals surface area contributed by atoms with E-state index >= 15 is 0 Å². The summed E-state index contributed by atoms with van der Waals surface area (Å²) in [5.74, 6) is 0.364. The second-order valence-electron chi connectivity index (χ2n) is 6.01. The van der Waals surface area contributed by atoms with Crippen molar-refractivity contribution < 1.29 is 4.79 Å². The summed E-state index contributed by atoms with van der Waals surface area (Å²) >= 11 is 0. The Morgan fingerprint density at radius 1 is 1.32 bits per heavy atom. The number of hydrogen-bond donors (Lipinski definition) is 1. The van der Waals surface area contributed by atoms with Crippen LogP contribution in [0.15, 0.2) is 30.5 Å². The van der Waals surface area contributed by atoms with E-state index in [9.17, 15) is 4.79 Å². The Balaban J connectivity index is 1.79. The number of nitrogens with one attached hydrogen (secondary N) is 1. The second-order valence-corrected chi connectivity index (χ2v) is 6.01. The standard InChI is InChI=1S/C18H23N3O/c1-3-19-18(22)14-7-10-21(11-8-14)17-6-9-20-16-5-4-13(2)12-15(16)17/h4-6,9,12,14H,3,7-8,10-11H2,1-2H3,(H,19,22). The van der Waals surface area contributed by atoms with E-state index in [1.54, 1.807) is 0 Å². The molecule has 0 unspecified atom stereocenters. The molecule has 0 saturated carbocycles. The number of carbonyl (C=O) groups excluding carboxylic acids is 1. The van der Waals surface area contributed by atoms with Crippen molar-refractivity contribution in [2.75, 3.05) is 24.5 Å². The minimum atomic E-state index is 0.158. The molecule has 0 radical (unpaired) electrons. The van der Waals surface area contributed by atoms with Crippen LogP contribution in [-0.2, 0) is 4.79 Å². The van der Waals surface area contributed by atoms with Gasteiger partial charge in [-0.25, -0.2) is 0 Å². The molecule has 1 aliphatic heterocycles. The highest BCUT2D eigenvalue weighted by Crippen LogP contribution is 2.29. The maximum absolute atomic E-state index is 12.0. The Bertz CT molecular complexity index is 675. The molecule has 1 amide bonds. The fraction of sp³-hybridized carbons (Fsp3) is 0.444. The van der Waals surface area contributed by atoms with Crippen molar-refractivity contribution in [3.8, 4) is 0 Å². The predicted octanol–water partition coefficient (Wildman–Crippen LogP) is 2.90. The number of aromatic nitrogens is 1. The summed E-state index contributed by atoms with van der Waals surface area (Å²) in [5.41, 5.74) is 3.52. The number of carbonyl (C=O) groups is 1. The van der Waals surface area contributed by atoms with Gasteiger partial charge < -0.3 is 10.2 Å². The van der Waals surface area contributed by atoms with Gasteiger partial charge in [0.25, 0.3) is 0 Å². The fourth-order valence-electron chi connectivity index (χ4n) is 3.22. The van der Waals surface area contributed by atoms with Gasteiger partial charge in [0.15, 0.2) is 0 Å². The molecule has 1 aromatic carbocycles. The van der Waals surface area contributed by atoms with E-state index < -0.39 is 0 Å². The van der Waals surface area contributed by atoms with Crippen LogP contribution in [0.1, 0.15) is 25.3 Å². The van der Waals surface area contributed by atoms with Gasteiger partial charge in [-0.2, -0.15) is 0 Å². The van der Waals surface area contributed by atoms with Crippen molar-refractivity contribution in [2.45, 2.75) is 26.7 Å². The Kier molecular flexibility index (Phi) is 4.27. The SMILES string of the molecule is CCNC(=O)C1CCN(c2ccnc3ccc(C)cc23)CC1. The zero-order valence-electron chi connectivity index (χ0n) is 13.3. The third kappa shape index (κ3) is 2.91. The van der Waals surface area contributed by atoms with Gasteiger partial charge in [0.2, 0.25) is 5.91 Å². The van der Waals surface area contributed by atoms with Crippen molar-refractivity contribution in [1.29, 1.82) is 0 Å². The number of piperidine rings is 1. The third-order valence-electron chi connectivity index (χ3n) is 4.43. The first kappa shape index (κ1) is 14.8. The zero-order chi connectivity index (χ0) is 15.5. The molecule has 1 saturated heterocycles. The first-order valence-electron chi connectivity index (χ1n) is 8.07. The largest absolute Gasteiger partial charge is 0.371 e. The number of anilines is 1. The lowest BCUT2D eigenvalue weighted by Gasteiger charge is -2.33. The Labute approximate surface area is 131 Å². The molecule has 2 heterocycles. The van der Waals surface area contributed by atoms with Gasteiger partial charge in [-0.1, -0.05) is 11.6 Å². The lowest BCUT2D eigenvalue weighted by atomic mass is 9.95. The summed E-state index contributed by atoms with van der Waals surface area (Å²) < 4.78 is 0. The lowest BCUT2D eigenvalue weighted by molar-refractivity contribution is -0.125. The molecule has 1 N–H and O–H groups in total. The van der Waals surface area contributed by atoms with Crippen LogP contribution < -0.4 is 10.2 Å². The van der Waals surface area contributed by atoms with Crippen LogP contribution in [0.5, 0.6) is 0 Å². The molecule has 2 aromatic rings. The molecule has 1 fully saturated rings. The van der Waals surface area contributed by atoms with E-state index in [1.807, 2.05) is 13.1 Å². The molecule has 116 valence electrons. The molecule has 0 bridgehead atoms. The van der Waals surface area contributed by atoms with E-state index in [0.717, 1.165) is 31.4 Å². The highest BCUT2D eigenvalue weighted by atomic mass is 16.1. The van der Waals surface area contributed by atoms with Gasteiger partial charge in [0, 0.05) is 42.8 Å². The van der Waals surface area contributed by atoms with Crippen LogP contribution in [0.4, 0.5) is 5.69 Å². The average Bonchev–Trinajstić information content (AvgIpc) is 2.54. The normalized spacial score (nSPS) is 16.0. The summed E-state index contributed by atoms with van der Waals surface area (Å²) in [5, 5.41) is 4.15. The maximum Gasteiger partial charge on any atom is 0.223 e. The molecule has 22 heavy (non-hydrogen) atoms. The minimum absolute atomic E-state index is 0.158. The quantitative estimate of drug-likeness (QED) is 0.947. The number of nitrogens with zero attached hydrogens (tertiary/aromatic N) is 2. The molecule has 4 nitrogen and oxygen atoms in total. The molecule has 3 rings (SSSR count). The van der Waals surface area contributed by atoms with E-state index in [2.05, 4.69) is 46.4 Å². The van der Waals surface area contributed by atoms with E-state index in [1.165, 1.54) is 16.6 Å². The highest BCUT2D eigenvalue weighted by Gasteiger charge is 2.25. The van der Waals surface area contributed by atoms with Crippen molar-refractivity contribution >= 4 is 22.5 Å². The van der Waals surface area contributed by atoms with Gasteiger partial charge in [-0.05, 0) is 44.9 Å². The van der Waals surface area contributed by atoms with Crippen molar-refractivity contribution in [3.63, 3.8) is 0 Å². The number of rotatable bonds is 3. The molecule has 1 aliphatic rings. The number of benzene rings is 1. The zero-order valence-corrected chi connectivity index (χ0v) is 13.3. The van der Waals surface area contributed by atoms with Crippen LogP contribution in [0.2, 0.25) is 0 Å². The monoisotopic (exact) mass is 297 g/mol. The molecule has 4 heteroatoms. The lowest BCUT2D eigenvalue weighted by Crippen LogP contribution is -2.40. The fourth-order valence-corrected chi connectivity index (χ4v) is 3.22. The van der Waals surface area contributed by atoms with Crippen molar-refractivity contribution in [1.82, 2.24) is 10.3 Å². The number of amides is 1. The van der Waals surface area contributed by atoms with Gasteiger partial charge in [0.05, 0.1) is 5.52 Å². The van der Waals surface area contributed by atoms with Crippen LogP contribution >= 0.6 is 0 Å². The van der Waals surface area contributed by atoms with Crippen LogP contribution in [0, 0.1) is 12.8 Å². The van der Waals surface area contributed by atoms with Crippen molar-refractivity contribution in [3.05, 3.63) is 36.0 Å². The van der Waals surface area contributed by atoms with Gasteiger partial charge in [0.1, 0.15) is 0 Å². The summed E-state index contributed by atoms with van der Waals surface area (Å²) in [6, 6.07) is 8.47. The number of aryl methyl sites for hydroxylation is 1. The first-order chi connectivity index (χ1) is 10.7. The molecule has 0 aliphatic carbocycles. The van der Waals surface area contributed by atoms with Gasteiger partial charge >= 0.3 is 0 Å². The minimum Gasteiger partial charge on any atom is -0.371 e.